The number of aromatic nitrogens is 4. The molecule has 18 heteroatoms. The summed E-state index contributed by atoms with van der Waals surface area (Å²) in [6, 6.07) is 5.03. The van der Waals surface area contributed by atoms with Crippen molar-refractivity contribution in [3.05, 3.63) is 48.2 Å². The van der Waals surface area contributed by atoms with Gasteiger partial charge in [0.15, 0.2) is 12.4 Å². The SMILES string of the molecule is Cc1nc(N)c2ccn(C3OC(COP(=O)(O)OP(=O)(O)OCC4OC([n+]5cccc(C(N)=O)c5)C(C)C4C)C(C)C3C)c2n1. The van der Waals surface area contributed by atoms with E-state index in [0.717, 1.165) is 0 Å². The number of carbonyl (C=O) groups excluding carboxylic acids is 1. The minimum absolute atomic E-state index is 0.0620. The molecule has 16 nitrogen and oxygen atoms in total. The van der Waals surface area contributed by atoms with E-state index in [0.29, 0.717) is 28.2 Å². The third kappa shape index (κ3) is 7.14. The van der Waals surface area contributed by atoms with Gasteiger partial charge < -0.3 is 35.3 Å². The molecular weight excluding hydrogens is 630 g/mol. The molecule has 5 heterocycles. The fourth-order valence-electron chi connectivity index (χ4n) is 5.78. The first-order valence-corrected chi connectivity index (χ1v) is 17.4. The second-order valence-electron chi connectivity index (χ2n) is 11.7. The van der Waals surface area contributed by atoms with Crippen molar-refractivity contribution < 1.29 is 51.1 Å². The number of carbonyl (C=O) groups is 1. The van der Waals surface area contributed by atoms with Gasteiger partial charge in [0.1, 0.15) is 29.1 Å². The lowest BCUT2D eigenvalue weighted by atomic mass is 9.93. The number of ether oxygens (including phenoxy) is 2. The first-order chi connectivity index (χ1) is 21.1. The predicted molar refractivity (Wildman–Crippen MR) is 159 cm³/mol. The zero-order chi connectivity index (χ0) is 32.8. The predicted octanol–water partition coefficient (Wildman–Crippen LogP) is 3.00. The van der Waals surface area contributed by atoms with Gasteiger partial charge in [0, 0.05) is 18.2 Å². The van der Waals surface area contributed by atoms with Crippen molar-refractivity contribution in [3.8, 4) is 0 Å². The lowest BCUT2D eigenvalue weighted by Crippen LogP contribution is -2.42. The van der Waals surface area contributed by atoms with Crippen molar-refractivity contribution >= 4 is 38.4 Å². The van der Waals surface area contributed by atoms with Crippen LogP contribution < -0.4 is 16.0 Å². The molecule has 2 aliphatic heterocycles. The van der Waals surface area contributed by atoms with Crippen LogP contribution in [-0.2, 0) is 32.0 Å². The molecule has 2 aliphatic rings. The molecule has 2 saturated heterocycles. The Labute approximate surface area is 259 Å². The maximum atomic E-state index is 12.7. The van der Waals surface area contributed by atoms with E-state index in [1.165, 1.54) is 0 Å². The number of fused-ring (bicyclic) bond motifs is 1. The Bertz CT molecular complexity index is 1670. The van der Waals surface area contributed by atoms with Gasteiger partial charge in [-0.3, -0.25) is 13.8 Å². The lowest BCUT2D eigenvalue weighted by Gasteiger charge is -2.21. The number of nitrogens with zero attached hydrogens (tertiary/aromatic N) is 4. The van der Waals surface area contributed by atoms with E-state index in [-0.39, 0.29) is 23.7 Å². The van der Waals surface area contributed by atoms with Crippen LogP contribution in [0.3, 0.4) is 0 Å². The summed E-state index contributed by atoms with van der Waals surface area (Å²) in [4.78, 5) is 40.8. The molecule has 6 N–H and O–H groups in total. The third-order valence-electron chi connectivity index (χ3n) is 8.76. The summed E-state index contributed by atoms with van der Waals surface area (Å²) in [7, 11) is -10.1. The smallest absolute Gasteiger partial charge is 0.383 e. The van der Waals surface area contributed by atoms with Crippen LogP contribution in [0.15, 0.2) is 36.8 Å². The number of phosphoric acid groups is 2. The lowest BCUT2D eigenvalue weighted by molar-refractivity contribution is -0.765. The topological polar surface area (TPSA) is 224 Å². The van der Waals surface area contributed by atoms with Gasteiger partial charge in [-0.15, -0.1) is 0 Å². The number of anilines is 1. The van der Waals surface area contributed by atoms with Crippen LogP contribution in [-0.4, -0.2) is 55.7 Å². The summed E-state index contributed by atoms with van der Waals surface area (Å²) in [5, 5.41) is 0.675. The summed E-state index contributed by atoms with van der Waals surface area (Å²) in [5.41, 5.74) is 12.3. The van der Waals surface area contributed by atoms with Crippen molar-refractivity contribution in [2.75, 3.05) is 18.9 Å². The molecule has 10 unspecified atom stereocenters. The highest BCUT2D eigenvalue weighted by atomic mass is 31.3. The quantitative estimate of drug-likeness (QED) is 0.170. The molecule has 3 aromatic heterocycles. The monoisotopic (exact) mass is 669 g/mol. The van der Waals surface area contributed by atoms with E-state index >= 15 is 0 Å². The molecule has 1 amide bonds. The summed E-state index contributed by atoms with van der Waals surface area (Å²) in [6.45, 7) is 8.59. The van der Waals surface area contributed by atoms with E-state index in [1.807, 2.05) is 32.3 Å². The minimum atomic E-state index is -5.06. The average molecular weight is 670 g/mol. The van der Waals surface area contributed by atoms with Crippen LogP contribution in [0.2, 0.25) is 0 Å². The number of amides is 1. The van der Waals surface area contributed by atoms with Crippen molar-refractivity contribution in [2.45, 2.75) is 59.3 Å². The largest absolute Gasteiger partial charge is 0.481 e. The molecule has 2 fully saturated rings. The maximum Gasteiger partial charge on any atom is 0.481 e. The van der Waals surface area contributed by atoms with Gasteiger partial charge in [0.2, 0.25) is 0 Å². The van der Waals surface area contributed by atoms with E-state index in [9.17, 15) is 23.7 Å². The van der Waals surface area contributed by atoms with Gasteiger partial charge in [-0.25, -0.2) is 19.1 Å². The third-order valence-corrected chi connectivity index (χ3v) is 11.4. The van der Waals surface area contributed by atoms with Crippen LogP contribution >= 0.6 is 15.6 Å². The molecule has 0 spiro atoms. The molecule has 45 heavy (non-hydrogen) atoms. The minimum Gasteiger partial charge on any atom is -0.383 e. The van der Waals surface area contributed by atoms with Crippen LogP contribution in [0, 0.1) is 30.6 Å². The number of aryl methyl sites for hydroxylation is 1. The molecule has 0 saturated carbocycles. The zero-order valence-electron chi connectivity index (χ0n) is 25.5. The average Bonchev–Trinajstić information content (AvgIpc) is 3.60. The number of pyridine rings is 1. The Morgan fingerprint density at radius 2 is 1.62 bits per heavy atom. The molecule has 3 aromatic rings. The van der Waals surface area contributed by atoms with Gasteiger partial charge in [0.25, 0.3) is 12.1 Å². The van der Waals surface area contributed by atoms with E-state index in [4.69, 9.17) is 30.0 Å². The van der Waals surface area contributed by atoms with Crippen molar-refractivity contribution in [2.24, 2.45) is 29.4 Å². The standard InChI is InChI=1S/C27H38N6O10P2/c1-14-16(3)26(32-9-6-7-19(11-32)24(29)34)41-21(14)12-39-44(35,36)43-45(37,38)40-13-22-15(2)17(4)27(42-22)33-10-8-20-23(28)30-18(5)31-25(20)33/h6-11,14-17,21-22,26-27H,12-13H2,1-5H3,(H5-,28,29,30,31,34,35,36,37,38)/p+1. The molecule has 0 radical (unpaired) electrons. The molecule has 246 valence electrons. The summed E-state index contributed by atoms with van der Waals surface area (Å²) < 4.78 is 55.9. The summed E-state index contributed by atoms with van der Waals surface area (Å²) in [5.74, 6) is -0.181. The molecular formula is C27H39N6O10P2+. The second-order valence-corrected chi connectivity index (χ2v) is 14.7. The molecule has 0 aromatic carbocycles. The number of rotatable bonds is 11. The second kappa shape index (κ2) is 12.8. The van der Waals surface area contributed by atoms with Crippen molar-refractivity contribution in [1.82, 2.24) is 14.5 Å². The Hall–Kier alpha value is -2.78. The number of nitrogen functional groups attached to an aromatic ring is 1. The van der Waals surface area contributed by atoms with Crippen LogP contribution in [0.25, 0.3) is 11.0 Å². The molecule has 5 rings (SSSR count). The van der Waals surface area contributed by atoms with E-state index in [2.05, 4.69) is 14.3 Å². The van der Waals surface area contributed by atoms with Crippen LogP contribution in [0.5, 0.6) is 0 Å². The molecule has 0 bridgehead atoms. The number of primary amides is 1. The summed E-state index contributed by atoms with van der Waals surface area (Å²) in [6.07, 6.45) is 2.75. The Kier molecular flexibility index (Phi) is 9.54. The van der Waals surface area contributed by atoms with Crippen LogP contribution in [0.1, 0.15) is 56.3 Å². The van der Waals surface area contributed by atoms with Gasteiger partial charge in [-0.1, -0.05) is 27.7 Å². The summed E-state index contributed by atoms with van der Waals surface area (Å²) >= 11 is 0. The first-order valence-electron chi connectivity index (χ1n) is 14.4. The van der Waals surface area contributed by atoms with Crippen molar-refractivity contribution in [3.63, 3.8) is 0 Å². The van der Waals surface area contributed by atoms with Crippen LogP contribution in [0.4, 0.5) is 5.82 Å². The number of nitrogens with two attached hydrogens (primary N) is 2. The zero-order valence-corrected chi connectivity index (χ0v) is 27.3. The Morgan fingerprint density at radius 3 is 2.27 bits per heavy atom. The highest BCUT2D eigenvalue weighted by Crippen LogP contribution is 2.61. The van der Waals surface area contributed by atoms with Gasteiger partial charge in [-0.2, -0.15) is 8.88 Å². The fourth-order valence-corrected chi connectivity index (χ4v) is 7.87. The van der Waals surface area contributed by atoms with Gasteiger partial charge in [-0.05, 0) is 30.9 Å². The highest BCUT2D eigenvalue weighted by Gasteiger charge is 2.47. The number of hydrogen-bond acceptors (Lipinski definition) is 11. The highest BCUT2D eigenvalue weighted by molar-refractivity contribution is 7.61. The maximum absolute atomic E-state index is 12.7. The molecule has 10 atom stereocenters. The first kappa shape index (κ1) is 33.6. The normalized spacial score (nSPS) is 31.2. The molecule has 0 aliphatic carbocycles. The number of phosphoric ester groups is 2. The Balaban J connectivity index is 1.17. The van der Waals surface area contributed by atoms with Crippen molar-refractivity contribution in [1.29, 1.82) is 0 Å². The van der Waals surface area contributed by atoms with Gasteiger partial charge in [0.05, 0.1) is 36.7 Å². The van der Waals surface area contributed by atoms with Gasteiger partial charge >= 0.3 is 15.6 Å². The van der Waals surface area contributed by atoms with E-state index in [1.54, 1.807) is 48.3 Å². The fraction of sp³-hybridized carbons (Fsp3) is 0.556. The van der Waals surface area contributed by atoms with E-state index < -0.39 is 59.4 Å². The number of hydrogen-bond donors (Lipinski definition) is 4. The Morgan fingerprint density at radius 1 is 1.00 bits per heavy atom.